The molecule has 0 aliphatic heterocycles. The average Bonchev–Trinajstić information content (AvgIpc) is 3.12. The van der Waals surface area contributed by atoms with Gasteiger partial charge in [0.2, 0.25) is 0 Å². The van der Waals surface area contributed by atoms with Crippen molar-refractivity contribution in [3.63, 3.8) is 0 Å². The van der Waals surface area contributed by atoms with Crippen molar-refractivity contribution in [3.8, 4) is 0 Å². The number of rotatable bonds is 5. The van der Waals surface area contributed by atoms with Crippen LogP contribution in [0.3, 0.4) is 0 Å². The van der Waals surface area contributed by atoms with Crippen LogP contribution in [0.4, 0.5) is 18.9 Å². The van der Waals surface area contributed by atoms with Crippen LogP contribution in [0.5, 0.6) is 0 Å². The summed E-state index contributed by atoms with van der Waals surface area (Å²) in [4.78, 5) is 20.7. The van der Waals surface area contributed by atoms with Gasteiger partial charge in [0.25, 0.3) is 5.91 Å². The molecule has 0 bridgehead atoms. The maximum Gasteiger partial charge on any atom is 0.416 e. The number of hydrogen-bond donors (Lipinski definition) is 3. The van der Waals surface area contributed by atoms with Crippen LogP contribution in [0.2, 0.25) is 5.02 Å². The Morgan fingerprint density at radius 3 is 2.53 bits per heavy atom. The Morgan fingerprint density at radius 1 is 1.23 bits per heavy atom. The van der Waals surface area contributed by atoms with Crippen LogP contribution < -0.4 is 10.6 Å². The molecular weight excluding hydrogens is 439 g/mol. The molecule has 0 radical (unpaired) electrons. The van der Waals surface area contributed by atoms with E-state index in [1.165, 1.54) is 30.0 Å². The van der Waals surface area contributed by atoms with Crippen LogP contribution in [0.1, 0.15) is 32.1 Å². The average molecular weight is 454 g/mol. The molecule has 1 amide bonds. The third-order valence-corrected chi connectivity index (χ3v) is 5.32. The Balaban J connectivity index is 1.75. The van der Waals surface area contributed by atoms with E-state index >= 15 is 0 Å². The largest absolute Gasteiger partial charge is 0.416 e. The van der Waals surface area contributed by atoms with E-state index in [4.69, 9.17) is 17.0 Å². The number of benzene rings is 1. The Bertz CT molecular complexity index is 1080. The lowest BCUT2D eigenvalue weighted by molar-refractivity contribution is -0.137. The van der Waals surface area contributed by atoms with Crippen molar-refractivity contribution >= 4 is 40.4 Å². The Labute approximate surface area is 178 Å². The van der Waals surface area contributed by atoms with Crippen molar-refractivity contribution in [1.29, 1.82) is 5.41 Å². The minimum atomic E-state index is -4.40. The van der Waals surface area contributed by atoms with Crippen LogP contribution in [0.15, 0.2) is 42.2 Å². The molecule has 3 N–H and O–H groups in total. The van der Waals surface area contributed by atoms with Gasteiger partial charge in [0, 0.05) is 12.7 Å². The highest BCUT2D eigenvalue weighted by Crippen LogP contribution is 2.29. The summed E-state index contributed by atoms with van der Waals surface area (Å²) >= 11 is 7.34. The van der Waals surface area contributed by atoms with Gasteiger partial charge in [0.05, 0.1) is 39.2 Å². The molecule has 30 heavy (non-hydrogen) atoms. The van der Waals surface area contributed by atoms with E-state index in [-0.39, 0.29) is 23.0 Å². The Kier molecular flexibility index (Phi) is 6.37. The molecule has 0 saturated heterocycles. The Hall–Kier alpha value is -2.98. The molecule has 0 unspecified atom stereocenters. The molecule has 6 nitrogen and oxygen atoms in total. The summed E-state index contributed by atoms with van der Waals surface area (Å²) in [6.07, 6.45) is -1.65. The maximum atomic E-state index is 12.7. The molecule has 156 valence electrons. The highest BCUT2D eigenvalue weighted by atomic mass is 35.5. The standard InChI is InChI=1S/C19H15ClF3N5OS/c1-10-16(30-9-27-10)18(29)28-17(24)15-13(20)7-25-8-14(15)26-6-11-2-4-12(5-3-11)19(21,22)23/h2-5,7-9,26H,6H2,1H3,(H2,24,28,29). The third-order valence-electron chi connectivity index (χ3n) is 4.10. The molecule has 0 spiro atoms. The van der Waals surface area contributed by atoms with E-state index in [2.05, 4.69) is 20.6 Å². The molecule has 2 heterocycles. The van der Waals surface area contributed by atoms with Crippen LogP contribution in [-0.2, 0) is 12.7 Å². The van der Waals surface area contributed by atoms with Crippen molar-refractivity contribution in [3.05, 3.63) is 74.5 Å². The number of carbonyl (C=O) groups is 1. The first-order valence-corrected chi connectivity index (χ1v) is 9.76. The normalized spacial score (nSPS) is 11.2. The molecule has 1 aromatic carbocycles. The van der Waals surface area contributed by atoms with Gasteiger partial charge in [-0.05, 0) is 24.6 Å². The van der Waals surface area contributed by atoms with Crippen molar-refractivity contribution < 1.29 is 18.0 Å². The highest BCUT2D eigenvalue weighted by Gasteiger charge is 2.29. The molecule has 0 aliphatic rings. The zero-order valence-electron chi connectivity index (χ0n) is 15.5. The maximum absolute atomic E-state index is 12.7. The summed E-state index contributed by atoms with van der Waals surface area (Å²) in [6.45, 7) is 1.85. The first-order valence-electron chi connectivity index (χ1n) is 8.50. The molecule has 11 heteroatoms. The van der Waals surface area contributed by atoms with Gasteiger partial charge in [-0.2, -0.15) is 13.2 Å². The number of halogens is 4. The van der Waals surface area contributed by atoms with E-state index in [9.17, 15) is 18.0 Å². The number of aromatic nitrogens is 2. The van der Waals surface area contributed by atoms with Crippen molar-refractivity contribution in [2.75, 3.05) is 5.32 Å². The topological polar surface area (TPSA) is 90.8 Å². The molecule has 0 saturated carbocycles. The van der Waals surface area contributed by atoms with E-state index in [0.717, 1.165) is 23.5 Å². The molecule has 0 fully saturated rings. The van der Waals surface area contributed by atoms with Gasteiger partial charge >= 0.3 is 6.18 Å². The summed E-state index contributed by atoms with van der Waals surface area (Å²) in [7, 11) is 0. The first kappa shape index (κ1) is 21.7. The van der Waals surface area contributed by atoms with Gasteiger partial charge in [-0.3, -0.25) is 15.2 Å². The molecule has 0 aliphatic carbocycles. The number of nitrogens with one attached hydrogen (secondary N) is 3. The molecule has 2 aromatic heterocycles. The lowest BCUT2D eigenvalue weighted by Crippen LogP contribution is -2.31. The van der Waals surface area contributed by atoms with E-state index in [0.29, 0.717) is 21.8 Å². The minimum Gasteiger partial charge on any atom is -0.379 e. The predicted octanol–water partition coefficient (Wildman–Crippen LogP) is 4.89. The number of thiazole rings is 1. The molecule has 0 atom stereocenters. The number of amides is 1. The monoisotopic (exact) mass is 453 g/mol. The predicted molar refractivity (Wildman–Crippen MR) is 109 cm³/mol. The van der Waals surface area contributed by atoms with Gasteiger partial charge in [-0.15, -0.1) is 11.3 Å². The SMILES string of the molecule is Cc1ncsc1C(=O)NC(=N)c1c(Cl)cncc1NCc1ccc(C(F)(F)F)cc1. The zero-order chi connectivity index (χ0) is 21.9. The van der Waals surface area contributed by atoms with Crippen LogP contribution in [-0.4, -0.2) is 21.7 Å². The number of hydrogen-bond acceptors (Lipinski definition) is 6. The number of carbonyl (C=O) groups excluding carboxylic acids is 1. The first-order chi connectivity index (χ1) is 14.2. The molecule has 3 aromatic rings. The van der Waals surface area contributed by atoms with Crippen molar-refractivity contribution in [2.24, 2.45) is 0 Å². The van der Waals surface area contributed by atoms with Crippen LogP contribution in [0.25, 0.3) is 0 Å². The van der Waals surface area contributed by atoms with E-state index in [1.807, 2.05) is 0 Å². The van der Waals surface area contributed by atoms with Gasteiger partial charge in [0.1, 0.15) is 10.7 Å². The van der Waals surface area contributed by atoms with Gasteiger partial charge in [-0.1, -0.05) is 23.7 Å². The smallest absolute Gasteiger partial charge is 0.379 e. The fraction of sp³-hybridized carbons (Fsp3) is 0.158. The highest BCUT2D eigenvalue weighted by molar-refractivity contribution is 7.11. The second kappa shape index (κ2) is 8.80. The summed E-state index contributed by atoms with van der Waals surface area (Å²) in [5.74, 6) is -0.725. The molecule has 3 rings (SSSR count). The molecular formula is C19H15ClF3N5OS. The minimum absolute atomic E-state index is 0.138. The summed E-state index contributed by atoms with van der Waals surface area (Å²) in [6, 6.07) is 4.70. The van der Waals surface area contributed by atoms with Crippen LogP contribution >= 0.6 is 22.9 Å². The lowest BCUT2D eigenvalue weighted by atomic mass is 10.1. The second-order valence-corrected chi connectivity index (χ2v) is 7.45. The number of pyridine rings is 1. The van der Waals surface area contributed by atoms with Gasteiger partial charge in [-0.25, -0.2) is 4.98 Å². The van der Waals surface area contributed by atoms with Crippen molar-refractivity contribution in [1.82, 2.24) is 15.3 Å². The van der Waals surface area contributed by atoms with Gasteiger partial charge in [0.15, 0.2) is 0 Å². The number of amidine groups is 1. The van der Waals surface area contributed by atoms with Crippen molar-refractivity contribution in [2.45, 2.75) is 19.6 Å². The quantitative estimate of drug-likeness (QED) is 0.379. The zero-order valence-corrected chi connectivity index (χ0v) is 17.0. The number of nitrogens with zero attached hydrogens (tertiary/aromatic N) is 2. The summed E-state index contributed by atoms with van der Waals surface area (Å²) in [5.41, 5.74) is 2.50. The van der Waals surface area contributed by atoms with Gasteiger partial charge < -0.3 is 10.6 Å². The summed E-state index contributed by atoms with van der Waals surface area (Å²) < 4.78 is 38.1. The fourth-order valence-corrected chi connectivity index (χ4v) is 3.53. The number of anilines is 1. The summed E-state index contributed by atoms with van der Waals surface area (Å²) in [5, 5.41) is 13.9. The van der Waals surface area contributed by atoms with E-state index in [1.54, 1.807) is 6.92 Å². The van der Waals surface area contributed by atoms with E-state index < -0.39 is 17.6 Å². The number of alkyl halides is 3. The number of aryl methyl sites for hydroxylation is 1. The third kappa shape index (κ3) is 4.95. The van der Waals surface area contributed by atoms with Crippen LogP contribution in [0, 0.1) is 12.3 Å². The fourth-order valence-electron chi connectivity index (χ4n) is 2.58. The second-order valence-electron chi connectivity index (χ2n) is 6.19. The Morgan fingerprint density at radius 2 is 1.93 bits per heavy atom. The lowest BCUT2D eigenvalue weighted by Gasteiger charge is -2.15.